The van der Waals surface area contributed by atoms with E-state index in [-0.39, 0.29) is 0 Å². The average molecular weight is 267 g/mol. The van der Waals surface area contributed by atoms with Crippen LogP contribution in [0.25, 0.3) is 0 Å². The topological polar surface area (TPSA) is 20.3 Å². The van der Waals surface area contributed by atoms with E-state index < -0.39 is 0 Å². The van der Waals surface area contributed by atoms with Gasteiger partial charge in [0, 0.05) is 25.9 Å². The van der Waals surface area contributed by atoms with Gasteiger partial charge in [-0.05, 0) is 18.2 Å². The van der Waals surface area contributed by atoms with Crippen molar-refractivity contribution in [2.24, 2.45) is 0 Å². The normalized spacial score (nSPS) is 10.7. The van der Waals surface area contributed by atoms with Crippen molar-refractivity contribution in [1.82, 2.24) is 4.90 Å². The Kier molecular flexibility index (Phi) is 5.51. The summed E-state index contributed by atoms with van der Waals surface area (Å²) in [5.41, 5.74) is 2.38. The van der Waals surface area contributed by atoms with Gasteiger partial charge < -0.3 is 4.90 Å². The van der Waals surface area contributed by atoms with Gasteiger partial charge in [0.25, 0.3) is 0 Å². The molecule has 0 saturated heterocycles. The Bertz CT molecular complexity index is 522. The predicted octanol–water partition coefficient (Wildman–Crippen LogP) is 3.32. The first-order chi connectivity index (χ1) is 9.74. The third-order valence-electron chi connectivity index (χ3n) is 3.31. The van der Waals surface area contributed by atoms with Crippen LogP contribution in [0.2, 0.25) is 0 Å². The fraction of sp³-hybridized carbons (Fsp3) is 0.278. The highest BCUT2D eigenvalue weighted by Gasteiger charge is 2.06. The van der Waals surface area contributed by atoms with Gasteiger partial charge in [-0.15, -0.1) is 0 Å². The van der Waals surface area contributed by atoms with Gasteiger partial charge in [-0.1, -0.05) is 60.7 Å². The highest BCUT2D eigenvalue weighted by atomic mass is 16.1. The Balaban J connectivity index is 1.73. The number of ketones is 1. The van der Waals surface area contributed by atoms with Gasteiger partial charge in [0.15, 0.2) is 0 Å². The second-order valence-electron chi connectivity index (χ2n) is 5.17. The molecule has 2 nitrogen and oxygen atoms in total. The monoisotopic (exact) mass is 267 g/mol. The van der Waals surface area contributed by atoms with Gasteiger partial charge in [0.2, 0.25) is 0 Å². The van der Waals surface area contributed by atoms with Gasteiger partial charge >= 0.3 is 0 Å². The van der Waals surface area contributed by atoms with Crippen molar-refractivity contribution in [3.05, 3.63) is 71.8 Å². The van der Waals surface area contributed by atoms with Gasteiger partial charge in [-0.2, -0.15) is 0 Å². The van der Waals surface area contributed by atoms with Crippen molar-refractivity contribution in [2.75, 3.05) is 13.6 Å². The molecular formula is C18H21NO. The van der Waals surface area contributed by atoms with E-state index in [1.807, 2.05) is 48.5 Å². The van der Waals surface area contributed by atoms with Crippen LogP contribution in [0.3, 0.4) is 0 Å². The zero-order valence-electron chi connectivity index (χ0n) is 12.0. The van der Waals surface area contributed by atoms with Gasteiger partial charge in [0.05, 0.1) is 0 Å². The van der Waals surface area contributed by atoms with Crippen LogP contribution in [0.4, 0.5) is 0 Å². The van der Waals surface area contributed by atoms with Crippen molar-refractivity contribution in [3.8, 4) is 0 Å². The quantitative estimate of drug-likeness (QED) is 0.767. The Morgan fingerprint density at radius 2 is 1.45 bits per heavy atom. The minimum atomic E-state index is 0.302. The maximum Gasteiger partial charge on any atom is 0.138 e. The molecule has 2 aromatic rings. The maximum absolute atomic E-state index is 11.9. The highest BCUT2D eigenvalue weighted by Crippen LogP contribution is 2.05. The zero-order valence-corrected chi connectivity index (χ0v) is 12.0. The van der Waals surface area contributed by atoms with Crippen molar-refractivity contribution in [3.63, 3.8) is 0 Å². The molecule has 0 radical (unpaired) electrons. The molecule has 0 aliphatic rings. The van der Waals surface area contributed by atoms with E-state index in [1.165, 1.54) is 5.56 Å². The smallest absolute Gasteiger partial charge is 0.138 e. The van der Waals surface area contributed by atoms with Crippen LogP contribution in [-0.4, -0.2) is 24.3 Å². The first-order valence-electron chi connectivity index (χ1n) is 7.02. The number of nitrogens with zero attached hydrogens (tertiary/aromatic N) is 1. The third-order valence-corrected chi connectivity index (χ3v) is 3.31. The van der Waals surface area contributed by atoms with E-state index in [0.29, 0.717) is 18.6 Å². The number of hydrogen-bond acceptors (Lipinski definition) is 2. The minimum absolute atomic E-state index is 0.302. The summed E-state index contributed by atoms with van der Waals surface area (Å²) in [6.45, 7) is 1.69. The predicted molar refractivity (Wildman–Crippen MR) is 82.5 cm³/mol. The molecule has 0 fully saturated rings. The third kappa shape index (κ3) is 4.98. The van der Waals surface area contributed by atoms with Gasteiger partial charge in [0.1, 0.15) is 5.78 Å². The molecule has 2 rings (SSSR count). The van der Waals surface area contributed by atoms with Crippen molar-refractivity contribution in [1.29, 1.82) is 0 Å². The Hall–Kier alpha value is -1.93. The molecule has 104 valence electrons. The van der Waals surface area contributed by atoms with Crippen LogP contribution >= 0.6 is 0 Å². The summed E-state index contributed by atoms with van der Waals surface area (Å²) in [7, 11) is 2.06. The number of hydrogen-bond donors (Lipinski definition) is 0. The Morgan fingerprint density at radius 3 is 2.05 bits per heavy atom. The lowest BCUT2D eigenvalue weighted by atomic mass is 10.1. The summed E-state index contributed by atoms with van der Waals surface area (Å²) in [6, 6.07) is 20.3. The van der Waals surface area contributed by atoms with Crippen LogP contribution in [0.5, 0.6) is 0 Å². The molecule has 0 spiro atoms. The summed E-state index contributed by atoms with van der Waals surface area (Å²) in [5.74, 6) is 0.302. The second kappa shape index (κ2) is 7.61. The second-order valence-corrected chi connectivity index (χ2v) is 5.17. The molecule has 0 amide bonds. The number of Topliss-reactive ketones (excluding diaryl/α,β-unsaturated/α-hetero) is 1. The molecule has 2 heteroatoms. The summed E-state index contributed by atoms with van der Waals surface area (Å²) in [5, 5.41) is 0. The molecule has 0 aromatic heterocycles. The average Bonchev–Trinajstić information content (AvgIpc) is 2.47. The summed E-state index contributed by atoms with van der Waals surface area (Å²) >= 11 is 0. The minimum Gasteiger partial charge on any atom is -0.302 e. The largest absolute Gasteiger partial charge is 0.302 e. The molecule has 0 bridgehead atoms. The summed E-state index contributed by atoms with van der Waals surface area (Å²) in [6.07, 6.45) is 1.15. The lowest BCUT2D eigenvalue weighted by Gasteiger charge is -2.16. The van der Waals surface area contributed by atoms with Gasteiger partial charge in [-0.25, -0.2) is 0 Å². The van der Waals surface area contributed by atoms with E-state index in [1.54, 1.807) is 0 Å². The molecule has 0 heterocycles. The molecule has 0 aliphatic carbocycles. The number of benzene rings is 2. The molecule has 0 N–H and O–H groups in total. The van der Waals surface area contributed by atoms with Gasteiger partial charge in [-0.3, -0.25) is 4.79 Å². The molecule has 0 saturated carbocycles. The number of carbonyl (C=O) groups is 1. The molecule has 2 aromatic carbocycles. The number of carbonyl (C=O) groups excluding carboxylic acids is 1. The molecular weight excluding hydrogens is 246 g/mol. The van der Waals surface area contributed by atoms with E-state index >= 15 is 0 Å². The zero-order chi connectivity index (χ0) is 14.2. The summed E-state index contributed by atoms with van der Waals surface area (Å²) in [4.78, 5) is 14.1. The van der Waals surface area contributed by atoms with Crippen LogP contribution in [0.1, 0.15) is 17.5 Å². The van der Waals surface area contributed by atoms with E-state index in [4.69, 9.17) is 0 Å². The molecule has 0 atom stereocenters. The van der Waals surface area contributed by atoms with E-state index in [2.05, 4.69) is 24.1 Å². The van der Waals surface area contributed by atoms with E-state index in [9.17, 15) is 4.79 Å². The van der Waals surface area contributed by atoms with E-state index in [0.717, 1.165) is 18.7 Å². The maximum atomic E-state index is 11.9. The van der Waals surface area contributed by atoms with Crippen LogP contribution in [0, 0.1) is 0 Å². The standard InChI is InChI=1S/C18H21NO/c1-19(15-17-10-6-3-7-11-17)13-12-18(20)14-16-8-4-2-5-9-16/h2-11H,12-15H2,1H3. The Morgan fingerprint density at radius 1 is 0.900 bits per heavy atom. The van der Waals surface area contributed by atoms with Crippen LogP contribution in [-0.2, 0) is 17.8 Å². The SMILES string of the molecule is CN(CCC(=O)Cc1ccccc1)Cc1ccccc1. The van der Waals surface area contributed by atoms with Crippen LogP contribution < -0.4 is 0 Å². The fourth-order valence-electron chi connectivity index (χ4n) is 2.20. The van der Waals surface area contributed by atoms with Crippen molar-refractivity contribution in [2.45, 2.75) is 19.4 Å². The highest BCUT2D eigenvalue weighted by molar-refractivity contribution is 5.80. The lowest BCUT2D eigenvalue weighted by Crippen LogP contribution is -2.22. The number of rotatable bonds is 7. The Labute approximate surface area is 121 Å². The molecule has 20 heavy (non-hydrogen) atoms. The lowest BCUT2D eigenvalue weighted by molar-refractivity contribution is -0.118. The fourth-order valence-corrected chi connectivity index (χ4v) is 2.20. The van der Waals surface area contributed by atoms with Crippen molar-refractivity contribution >= 4 is 5.78 Å². The summed E-state index contributed by atoms with van der Waals surface area (Å²) < 4.78 is 0. The van der Waals surface area contributed by atoms with Crippen LogP contribution in [0.15, 0.2) is 60.7 Å². The first kappa shape index (κ1) is 14.5. The first-order valence-corrected chi connectivity index (χ1v) is 7.02. The van der Waals surface area contributed by atoms with Crippen molar-refractivity contribution < 1.29 is 4.79 Å². The molecule has 0 unspecified atom stereocenters. The molecule has 0 aliphatic heterocycles.